The standard InChI is InChI=1S/C11H15N5OS/c1-3-8(11-13-4-5-18-11)15-10(17)9-7(12)6-14-16(9)2/h4-6,8H,3,12H2,1-2H3,(H,15,17). The smallest absolute Gasteiger partial charge is 0.272 e. The Bertz CT molecular complexity index is 514. The molecule has 0 saturated heterocycles. The van der Waals surface area contributed by atoms with Crippen molar-refractivity contribution in [1.29, 1.82) is 0 Å². The first-order valence-electron chi connectivity index (χ1n) is 5.61. The van der Waals surface area contributed by atoms with E-state index in [0.717, 1.165) is 11.4 Å². The van der Waals surface area contributed by atoms with Gasteiger partial charge in [0.2, 0.25) is 0 Å². The summed E-state index contributed by atoms with van der Waals surface area (Å²) in [4.78, 5) is 16.4. The summed E-state index contributed by atoms with van der Waals surface area (Å²) in [5.74, 6) is -0.227. The molecule has 2 aromatic rings. The molecule has 96 valence electrons. The summed E-state index contributed by atoms with van der Waals surface area (Å²) in [5.41, 5.74) is 6.48. The van der Waals surface area contributed by atoms with E-state index >= 15 is 0 Å². The Morgan fingerprint density at radius 2 is 2.44 bits per heavy atom. The summed E-state index contributed by atoms with van der Waals surface area (Å²) in [6.07, 6.45) is 3.98. The van der Waals surface area contributed by atoms with Gasteiger partial charge < -0.3 is 11.1 Å². The second kappa shape index (κ2) is 5.18. The Balaban J connectivity index is 2.16. The second-order valence-corrected chi connectivity index (χ2v) is 4.80. The molecule has 1 atom stereocenters. The lowest BCUT2D eigenvalue weighted by atomic mass is 10.2. The number of carbonyl (C=O) groups is 1. The molecule has 3 N–H and O–H groups in total. The Labute approximate surface area is 109 Å². The highest BCUT2D eigenvalue weighted by molar-refractivity contribution is 7.09. The van der Waals surface area contributed by atoms with Gasteiger partial charge in [-0.15, -0.1) is 11.3 Å². The van der Waals surface area contributed by atoms with E-state index in [4.69, 9.17) is 5.73 Å². The van der Waals surface area contributed by atoms with E-state index in [0.29, 0.717) is 11.4 Å². The highest BCUT2D eigenvalue weighted by atomic mass is 32.1. The molecule has 0 fully saturated rings. The van der Waals surface area contributed by atoms with E-state index in [9.17, 15) is 4.79 Å². The summed E-state index contributed by atoms with van der Waals surface area (Å²) in [7, 11) is 1.69. The van der Waals surface area contributed by atoms with Gasteiger partial charge in [-0.1, -0.05) is 6.92 Å². The number of aromatic nitrogens is 3. The van der Waals surface area contributed by atoms with Crippen LogP contribution in [0.2, 0.25) is 0 Å². The minimum absolute atomic E-state index is 0.0909. The number of thiazole rings is 1. The van der Waals surface area contributed by atoms with Crippen molar-refractivity contribution in [3.63, 3.8) is 0 Å². The molecule has 18 heavy (non-hydrogen) atoms. The van der Waals surface area contributed by atoms with Crippen LogP contribution in [0.5, 0.6) is 0 Å². The normalized spacial score (nSPS) is 12.3. The van der Waals surface area contributed by atoms with Crippen molar-refractivity contribution in [3.05, 3.63) is 28.5 Å². The van der Waals surface area contributed by atoms with Crippen molar-refractivity contribution in [2.45, 2.75) is 19.4 Å². The Kier molecular flexibility index (Phi) is 3.61. The molecule has 0 spiro atoms. The molecule has 0 aromatic carbocycles. The fraction of sp³-hybridized carbons (Fsp3) is 0.364. The third kappa shape index (κ3) is 2.35. The summed E-state index contributed by atoms with van der Waals surface area (Å²) < 4.78 is 1.47. The first-order valence-corrected chi connectivity index (χ1v) is 6.49. The maximum absolute atomic E-state index is 12.1. The van der Waals surface area contributed by atoms with Crippen LogP contribution < -0.4 is 11.1 Å². The minimum atomic E-state index is -0.227. The predicted octanol–water partition coefficient (Wildman–Crippen LogP) is 1.34. The molecule has 6 nitrogen and oxygen atoms in total. The van der Waals surface area contributed by atoms with Crippen LogP contribution >= 0.6 is 11.3 Å². The van der Waals surface area contributed by atoms with Gasteiger partial charge in [0, 0.05) is 18.6 Å². The van der Waals surface area contributed by atoms with E-state index in [1.165, 1.54) is 22.2 Å². The first-order chi connectivity index (χ1) is 8.63. The molecule has 0 aliphatic rings. The van der Waals surface area contributed by atoms with Crippen molar-refractivity contribution in [2.24, 2.45) is 7.05 Å². The zero-order valence-corrected chi connectivity index (χ0v) is 11.1. The zero-order chi connectivity index (χ0) is 13.1. The maximum Gasteiger partial charge on any atom is 0.272 e. The molecule has 0 radical (unpaired) electrons. The predicted molar refractivity (Wildman–Crippen MR) is 70.2 cm³/mol. The maximum atomic E-state index is 12.1. The van der Waals surface area contributed by atoms with Crippen molar-refractivity contribution in [3.8, 4) is 0 Å². The molecule has 0 aliphatic carbocycles. The Morgan fingerprint density at radius 1 is 1.67 bits per heavy atom. The summed E-state index contributed by atoms with van der Waals surface area (Å²) in [6.45, 7) is 2.00. The van der Waals surface area contributed by atoms with Crippen LogP contribution in [-0.2, 0) is 7.05 Å². The third-order valence-electron chi connectivity index (χ3n) is 2.65. The molecule has 0 bridgehead atoms. The second-order valence-electron chi connectivity index (χ2n) is 3.88. The average molecular weight is 265 g/mol. The van der Waals surface area contributed by atoms with Gasteiger partial charge >= 0.3 is 0 Å². The number of hydrogen-bond acceptors (Lipinski definition) is 5. The molecule has 7 heteroatoms. The summed E-state index contributed by atoms with van der Waals surface area (Å²) >= 11 is 1.52. The highest BCUT2D eigenvalue weighted by Crippen LogP contribution is 2.20. The first kappa shape index (κ1) is 12.6. The lowest BCUT2D eigenvalue weighted by Gasteiger charge is -2.14. The van der Waals surface area contributed by atoms with E-state index < -0.39 is 0 Å². The summed E-state index contributed by atoms with van der Waals surface area (Å²) in [6, 6.07) is -0.0909. The molecule has 0 aliphatic heterocycles. The third-order valence-corrected chi connectivity index (χ3v) is 3.53. The number of nitrogens with zero attached hydrogens (tertiary/aromatic N) is 3. The highest BCUT2D eigenvalue weighted by Gasteiger charge is 2.20. The van der Waals surface area contributed by atoms with Gasteiger partial charge in [-0.05, 0) is 6.42 Å². The molecule has 2 heterocycles. The van der Waals surface area contributed by atoms with Crippen molar-refractivity contribution >= 4 is 22.9 Å². The average Bonchev–Trinajstić information content (AvgIpc) is 2.96. The Hall–Kier alpha value is -1.89. The fourth-order valence-corrected chi connectivity index (χ4v) is 2.48. The fourth-order valence-electron chi connectivity index (χ4n) is 1.70. The van der Waals surface area contributed by atoms with Crippen molar-refractivity contribution in [1.82, 2.24) is 20.1 Å². The van der Waals surface area contributed by atoms with Crippen molar-refractivity contribution in [2.75, 3.05) is 5.73 Å². The summed E-state index contributed by atoms with van der Waals surface area (Å²) in [5, 5.41) is 9.66. The number of aryl methyl sites for hydroxylation is 1. The monoisotopic (exact) mass is 265 g/mol. The lowest BCUT2D eigenvalue weighted by Crippen LogP contribution is -2.30. The number of nitrogens with two attached hydrogens (primary N) is 1. The van der Waals surface area contributed by atoms with Crippen LogP contribution in [0.15, 0.2) is 17.8 Å². The number of carbonyl (C=O) groups excluding carboxylic acids is 1. The number of anilines is 1. The van der Waals surface area contributed by atoms with E-state index in [1.54, 1.807) is 13.2 Å². The molecule has 2 aromatic heterocycles. The molecule has 1 amide bonds. The van der Waals surface area contributed by atoms with E-state index in [-0.39, 0.29) is 11.9 Å². The number of amides is 1. The largest absolute Gasteiger partial charge is 0.396 e. The van der Waals surface area contributed by atoms with E-state index in [2.05, 4.69) is 15.4 Å². The number of nitrogen functional groups attached to an aromatic ring is 1. The molecular formula is C11H15N5OS. The van der Waals surface area contributed by atoms with Crippen LogP contribution in [0.25, 0.3) is 0 Å². The van der Waals surface area contributed by atoms with Gasteiger partial charge in [0.05, 0.1) is 17.9 Å². The van der Waals surface area contributed by atoms with Gasteiger partial charge in [-0.25, -0.2) is 4.98 Å². The SMILES string of the molecule is CCC(NC(=O)c1c(N)cnn1C)c1nccs1. The quantitative estimate of drug-likeness (QED) is 0.873. The van der Waals surface area contributed by atoms with Crippen LogP contribution in [0.3, 0.4) is 0 Å². The van der Waals surface area contributed by atoms with Gasteiger partial charge in [0.1, 0.15) is 10.7 Å². The zero-order valence-electron chi connectivity index (χ0n) is 10.3. The van der Waals surface area contributed by atoms with Crippen LogP contribution in [-0.4, -0.2) is 20.7 Å². The Morgan fingerprint density at radius 3 is 2.94 bits per heavy atom. The molecule has 1 unspecified atom stereocenters. The number of nitrogens with one attached hydrogen (secondary N) is 1. The lowest BCUT2D eigenvalue weighted by molar-refractivity contribution is 0.0927. The van der Waals surface area contributed by atoms with Gasteiger partial charge in [-0.2, -0.15) is 5.10 Å². The van der Waals surface area contributed by atoms with E-state index in [1.807, 2.05) is 12.3 Å². The van der Waals surface area contributed by atoms with Crippen molar-refractivity contribution < 1.29 is 4.79 Å². The minimum Gasteiger partial charge on any atom is -0.396 e. The number of rotatable bonds is 4. The van der Waals surface area contributed by atoms with Crippen LogP contribution in [0, 0.1) is 0 Å². The van der Waals surface area contributed by atoms with Gasteiger partial charge in [-0.3, -0.25) is 9.48 Å². The van der Waals surface area contributed by atoms with Gasteiger partial charge in [0.15, 0.2) is 0 Å². The molecule has 2 rings (SSSR count). The number of hydrogen-bond donors (Lipinski definition) is 2. The topological polar surface area (TPSA) is 85.8 Å². The van der Waals surface area contributed by atoms with Gasteiger partial charge in [0.25, 0.3) is 5.91 Å². The molecule has 0 saturated carbocycles. The molecular weight excluding hydrogens is 250 g/mol. The van der Waals surface area contributed by atoms with Crippen LogP contribution in [0.4, 0.5) is 5.69 Å². The van der Waals surface area contributed by atoms with Crippen LogP contribution in [0.1, 0.15) is 34.9 Å².